The third kappa shape index (κ3) is 3.96. The zero-order valence-electron chi connectivity index (χ0n) is 15.2. The van der Waals surface area contributed by atoms with Crippen molar-refractivity contribution in [2.75, 3.05) is 23.3 Å². The second-order valence-corrected chi connectivity index (χ2v) is 7.04. The van der Waals surface area contributed by atoms with E-state index < -0.39 is 5.82 Å². The fourth-order valence-corrected chi connectivity index (χ4v) is 3.49. The number of nitrogens with one attached hydrogen (secondary N) is 1. The molecule has 1 amide bonds. The number of hydrogen-bond acceptors (Lipinski definition) is 6. The lowest BCUT2D eigenvalue weighted by Crippen LogP contribution is -2.38. The highest BCUT2D eigenvalue weighted by Crippen LogP contribution is 2.32. The van der Waals surface area contributed by atoms with Gasteiger partial charge < -0.3 is 19.1 Å². The quantitative estimate of drug-likeness (QED) is 0.677. The van der Waals surface area contributed by atoms with E-state index in [-0.39, 0.29) is 28.4 Å². The minimum absolute atomic E-state index is 0.154. The first-order chi connectivity index (χ1) is 14.0. The summed E-state index contributed by atoms with van der Waals surface area (Å²) in [4.78, 5) is 18.6. The summed E-state index contributed by atoms with van der Waals surface area (Å²) in [6.45, 7) is 1.05. The molecule has 1 aromatic carbocycles. The number of hydrogen-bond donors (Lipinski definition) is 1. The van der Waals surface area contributed by atoms with Crippen molar-refractivity contribution in [1.82, 2.24) is 4.98 Å². The molecule has 7 nitrogen and oxygen atoms in total. The molecule has 2 aromatic heterocycles. The van der Waals surface area contributed by atoms with Crippen molar-refractivity contribution in [2.24, 2.45) is 5.92 Å². The fourth-order valence-electron chi connectivity index (χ4n) is 3.28. The highest BCUT2D eigenvalue weighted by molar-refractivity contribution is 6.33. The number of carbonyl (C=O) groups is 1. The predicted molar refractivity (Wildman–Crippen MR) is 104 cm³/mol. The molecule has 1 aliphatic heterocycles. The molecule has 1 N–H and O–H groups in total. The van der Waals surface area contributed by atoms with Gasteiger partial charge in [-0.3, -0.25) is 4.79 Å². The number of rotatable bonds is 4. The number of halogens is 2. The SMILES string of the molecule is N#Cc1nc(-c2ccco2)oc1N1CCC(C(=O)Nc2ccc(F)cc2Cl)CC1. The molecule has 0 atom stereocenters. The van der Waals surface area contributed by atoms with Crippen LogP contribution in [-0.2, 0) is 4.79 Å². The van der Waals surface area contributed by atoms with Gasteiger partial charge in [-0.2, -0.15) is 10.2 Å². The van der Waals surface area contributed by atoms with Crippen molar-refractivity contribution in [3.8, 4) is 17.7 Å². The molecule has 3 heterocycles. The minimum Gasteiger partial charge on any atom is -0.459 e. The lowest BCUT2D eigenvalue weighted by atomic mass is 9.96. The number of amides is 1. The van der Waals surface area contributed by atoms with Crippen LogP contribution < -0.4 is 10.2 Å². The van der Waals surface area contributed by atoms with Gasteiger partial charge in [-0.1, -0.05) is 11.6 Å². The normalized spacial score (nSPS) is 14.6. The summed E-state index contributed by atoms with van der Waals surface area (Å²) in [5, 5.41) is 12.3. The van der Waals surface area contributed by atoms with E-state index in [2.05, 4.69) is 10.3 Å². The molecule has 0 saturated carbocycles. The maximum absolute atomic E-state index is 13.2. The number of anilines is 2. The van der Waals surface area contributed by atoms with Crippen molar-refractivity contribution >= 4 is 29.1 Å². The average Bonchev–Trinajstić information content (AvgIpc) is 3.39. The molecule has 0 spiro atoms. The summed E-state index contributed by atoms with van der Waals surface area (Å²) in [7, 11) is 0. The van der Waals surface area contributed by atoms with Gasteiger partial charge in [-0.05, 0) is 43.2 Å². The monoisotopic (exact) mass is 414 g/mol. The summed E-state index contributed by atoms with van der Waals surface area (Å²) in [5.41, 5.74) is 0.558. The molecule has 3 aromatic rings. The second kappa shape index (κ2) is 7.97. The van der Waals surface area contributed by atoms with E-state index >= 15 is 0 Å². The third-order valence-electron chi connectivity index (χ3n) is 4.79. The lowest BCUT2D eigenvalue weighted by molar-refractivity contribution is -0.120. The van der Waals surface area contributed by atoms with Crippen LogP contribution >= 0.6 is 11.6 Å². The summed E-state index contributed by atoms with van der Waals surface area (Å²) in [5.74, 6) is 0.193. The number of piperidine rings is 1. The molecule has 4 rings (SSSR count). The topological polar surface area (TPSA) is 95.3 Å². The van der Waals surface area contributed by atoms with E-state index in [1.165, 1.54) is 18.4 Å². The van der Waals surface area contributed by atoms with Crippen LogP contribution in [0.15, 0.2) is 45.4 Å². The van der Waals surface area contributed by atoms with Crippen LogP contribution in [0.2, 0.25) is 5.02 Å². The zero-order valence-corrected chi connectivity index (χ0v) is 15.9. The number of aromatic nitrogens is 1. The number of oxazole rings is 1. The van der Waals surface area contributed by atoms with Crippen LogP contribution in [0.25, 0.3) is 11.7 Å². The van der Waals surface area contributed by atoms with Gasteiger partial charge >= 0.3 is 0 Å². The van der Waals surface area contributed by atoms with Crippen molar-refractivity contribution in [1.29, 1.82) is 5.26 Å². The molecular weight excluding hydrogens is 399 g/mol. The molecule has 0 unspecified atom stereocenters. The van der Waals surface area contributed by atoms with Crippen molar-refractivity contribution in [3.63, 3.8) is 0 Å². The van der Waals surface area contributed by atoms with Crippen LogP contribution in [-0.4, -0.2) is 24.0 Å². The molecule has 0 radical (unpaired) electrons. The van der Waals surface area contributed by atoms with E-state index in [0.717, 1.165) is 6.07 Å². The maximum Gasteiger partial charge on any atom is 0.266 e. The fraction of sp³-hybridized carbons (Fsp3) is 0.250. The summed E-state index contributed by atoms with van der Waals surface area (Å²) in [6, 6.07) is 9.29. The predicted octanol–water partition coefficient (Wildman–Crippen LogP) is 4.45. The van der Waals surface area contributed by atoms with Crippen molar-refractivity contribution in [3.05, 3.63) is 53.1 Å². The first kappa shape index (κ1) is 19.0. The van der Waals surface area contributed by atoms with E-state index in [1.807, 2.05) is 11.0 Å². The van der Waals surface area contributed by atoms with Crippen LogP contribution in [0.1, 0.15) is 18.5 Å². The molecular formula is C20H16ClFN4O3. The van der Waals surface area contributed by atoms with Gasteiger partial charge in [-0.25, -0.2) is 4.39 Å². The molecule has 148 valence electrons. The Kier molecular flexibility index (Phi) is 5.23. The lowest BCUT2D eigenvalue weighted by Gasteiger charge is -2.31. The van der Waals surface area contributed by atoms with E-state index in [0.29, 0.717) is 43.3 Å². The maximum atomic E-state index is 13.2. The zero-order chi connectivity index (χ0) is 20.4. The van der Waals surface area contributed by atoms with Crippen molar-refractivity contribution < 1.29 is 18.0 Å². The average molecular weight is 415 g/mol. The Hall–Kier alpha value is -3.31. The van der Waals surface area contributed by atoms with Gasteiger partial charge in [0.05, 0.1) is 17.0 Å². The van der Waals surface area contributed by atoms with Crippen LogP contribution in [0.3, 0.4) is 0 Å². The Morgan fingerprint density at radius 3 is 2.79 bits per heavy atom. The molecule has 29 heavy (non-hydrogen) atoms. The first-order valence-electron chi connectivity index (χ1n) is 9.01. The number of nitriles is 1. The van der Waals surface area contributed by atoms with Gasteiger partial charge in [0.1, 0.15) is 11.9 Å². The number of furan rings is 1. The largest absolute Gasteiger partial charge is 0.459 e. The van der Waals surface area contributed by atoms with E-state index in [9.17, 15) is 14.4 Å². The Labute approximate surface area is 170 Å². The number of nitrogens with zero attached hydrogens (tertiary/aromatic N) is 3. The van der Waals surface area contributed by atoms with Crippen LogP contribution in [0, 0.1) is 23.1 Å². The van der Waals surface area contributed by atoms with Gasteiger partial charge in [0.15, 0.2) is 5.76 Å². The molecule has 1 fully saturated rings. The molecule has 0 aliphatic carbocycles. The number of benzene rings is 1. The Morgan fingerprint density at radius 1 is 1.34 bits per heavy atom. The first-order valence-corrected chi connectivity index (χ1v) is 9.38. The standard InChI is InChI=1S/C20H16ClFN4O3/c21-14-10-13(22)3-4-15(14)24-18(27)12-5-7-26(8-6-12)20-16(11-23)25-19(29-20)17-2-1-9-28-17/h1-4,9-10,12H,5-8H2,(H,24,27). The Morgan fingerprint density at radius 2 is 2.14 bits per heavy atom. The smallest absolute Gasteiger partial charge is 0.266 e. The minimum atomic E-state index is -0.462. The number of carbonyl (C=O) groups excluding carboxylic acids is 1. The summed E-state index contributed by atoms with van der Waals surface area (Å²) in [6.07, 6.45) is 2.63. The highest BCUT2D eigenvalue weighted by Gasteiger charge is 2.29. The van der Waals surface area contributed by atoms with Crippen LogP contribution in [0.4, 0.5) is 16.0 Å². The summed E-state index contributed by atoms with van der Waals surface area (Å²) < 4.78 is 24.2. The van der Waals surface area contributed by atoms with E-state index in [4.69, 9.17) is 20.4 Å². The second-order valence-electron chi connectivity index (χ2n) is 6.64. The Balaban J connectivity index is 1.42. The van der Waals surface area contributed by atoms with Crippen LogP contribution in [0.5, 0.6) is 0 Å². The summed E-state index contributed by atoms with van der Waals surface area (Å²) >= 11 is 5.97. The Bertz CT molecular complexity index is 1070. The van der Waals surface area contributed by atoms with Crippen molar-refractivity contribution in [2.45, 2.75) is 12.8 Å². The third-order valence-corrected chi connectivity index (χ3v) is 5.10. The van der Waals surface area contributed by atoms with Gasteiger partial charge in [0.25, 0.3) is 5.89 Å². The highest BCUT2D eigenvalue weighted by atomic mass is 35.5. The molecule has 1 saturated heterocycles. The van der Waals surface area contributed by atoms with Gasteiger partial charge in [0.2, 0.25) is 17.5 Å². The molecule has 1 aliphatic rings. The van der Waals surface area contributed by atoms with Gasteiger partial charge in [0, 0.05) is 19.0 Å². The molecule has 9 heteroatoms. The van der Waals surface area contributed by atoms with E-state index in [1.54, 1.807) is 12.1 Å². The molecule has 0 bridgehead atoms. The van der Waals surface area contributed by atoms with Gasteiger partial charge in [-0.15, -0.1) is 0 Å².